The van der Waals surface area contributed by atoms with Crippen LogP contribution in [0.15, 0.2) is 53.0 Å². The Morgan fingerprint density at radius 2 is 1.75 bits per heavy atom. The van der Waals surface area contributed by atoms with Gasteiger partial charge in [0, 0.05) is 20.3 Å². The molecule has 0 aliphatic rings. The Labute approximate surface area is 131 Å². The molecule has 0 saturated carbocycles. The van der Waals surface area contributed by atoms with E-state index in [4.69, 9.17) is 0 Å². The minimum Gasteiger partial charge on any atom is -0.313 e. The first-order chi connectivity index (χ1) is 9.67. The minimum absolute atomic E-state index is 0.408. The first-order valence-corrected chi connectivity index (χ1v) is 8.25. The van der Waals surface area contributed by atoms with Crippen LogP contribution in [0.2, 0.25) is 0 Å². The number of hydrogen-bond acceptors (Lipinski definition) is 2. The molecule has 0 aliphatic heterocycles. The molecular weight excluding hydrogens is 330 g/mol. The zero-order chi connectivity index (χ0) is 14.1. The van der Waals surface area contributed by atoms with Gasteiger partial charge in [-0.1, -0.05) is 34.1 Å². The monoisotopic (exact) mass is 345 g/mol. The molecule has 0 bridgehead atoms. The molecule has 20 heavy (non-hydrogen) atoms. The standard InChI is InChI=1S/C17H16BrNS/c1-11(19-2)16-7-8-17(20-16)14-4-3-13-10-15(18)6-5-12(13)9-14/h3-11,19H,1-2H3. The molecule has 0 radical (unpaired) electrons. The maximum absolute atomic E-state index is 3.52. The van der Waals surface area contributed by atoms with E-state index in [1.807, 2.05) is 18.4 Å². The number of fused-ring (bicyclic) bond motifs is 1. The lowest BCUT2D eigenvalue weighted by molar-refractivity contribution is 0.664. The average Bonchev–Trinajstić information content (AvgIpc) is 2.95. The summed E-state index contributed by atoms with van der Waals surface area (Å²) in [6, 6.07) is 17.9. The molecule has 1 atom stereocenters. The van der Waals surface area contributed by atoms with Gasteiger partial charge in [0.2, 0.25) is 0 Å². The van der Waals surface area contributed by atoms with Crippen LogP contribution < -0.4 is 5.32 Å². The van der Waals surface area contributed by atoms with E-state index in [9.17, 15) is 0 Å². The van der Waals surface area contributed by atoms with Crippen LogP contribution in [0.3, 0.4) is 0 Å². The summed E-state index contributed by atoms with van der Waals surface area (Å²) < 4.78 is 1.12. The summed E-state index contributed by atoms with van der Waals surface area (Å²) in [5, 5.41) is 5.83. The summed E-state index contributed by atoms with van der Waals surface area (Å²) >= 11 is 5.38. The van der Waals surface area contributed by atoms with E-state index in [1.54, 1.807) is 0 Å². The number of rotatable bonds is 3. The molecule has 3 heteroatoms. The third kappa shape index (κ3) is 2.66. The van der Waals surface area contributed by atoms with Gasteiger partial charge in [-0.05, 0) is 60.6 Å². The molecule has 1 nitrogen and oxygen atoms in total. The third-order valence-electron chi connectivity index (χ3n) is 3.57. The maximum atomic E-state index is 3.52. The summed E-state index contributed by atoms with van der Waals surface area (Å²) in [5.74, 6) is 0. The molecule has 1 N–H and O–H groups in total. The van der Waals surface area contributed by atoms with E-state index in [-0.39, 0.29) is 0 Å². The van der Waals surface area contributed by atoms with Crippen molar-refractivity contribution in [1.29, 1.82) is 0 Å². The fraction of sp³-hybridized carbons (Fsp3) is 0.176. The second-order valence-electron chi connectivity index (χ2n) is 4.92. The summed E-state index contributed by atoms with van der Waals surface area (Å²) in [6.07, 6.45) is 0. The van der Waals surface area contributed by atoms with Crippen molar-refractivity contribution in [1.82, 2.24) is 5.32 Å². The lowest BCUT2D eigenvalue weighted by atomic mass is 10.1. The van der Waals surface area contributed by atoms with Gasteiger partial charge in [-0.15, -0.1) is 11.3 Å². The Bertz CT molecular complexity index is 748. The van der Waals surface area contributed by atoms with Gasteiger partial charge < -0.3 is 5.32 Å². The van der Waals surface area contributed by atoms with E-state index in [1.165, 1.54) is 26.1 Å². The van der Waals surface area contributed by atoms with Crippen LogP contribution in [0.1, 0.15) is 17.8 Å². The molecule has 1 aromatic heterocycles. The molecule has 3 rings (SSSR count). The highest BCUT2D eigenvalue weighted by Crippen LogP contribution is 2.33. The summed E-state index contributed by atoms with van der Waals surface area (Å²) in [7, 11) is 2.00. The Morgan fingerprint density at radius 3 is 2.55 bits per heavy atom. The van der Waals surface area contributed by atoms with Crippen molar-refractivity contribution in [3.05, 3.63) is 57.9 Å². The quantitative estimate of drug-likeness (QED) is 0.650. The highest BCUT2D eigenvalue weighted by molar-refractivity contribution is 9.10. The van der Waals surface area contributed by atoms with E-state index < -0.39 is 0 Å². The second-order valence-corrected chi connectivity index (χ2v) is 6.95. The van der Waals surface area contributed by atoms with Crippen LogP contribution in [-0.2, 0) is 0 Å². The van der Waals surface area contributed by atoms with Crippen molar-refractivity contribution < 1.29 is 0 Å². The lowest BCUT2D eigenvalue weighted by Crippen LogP contribution is -2.10. The zero-order valence-electron chi connectivity index (χ0n) is 11.5. The molecule has 1 heterocycles. The molecular formula is C17H16BrNS. The van der Waals surface area contributed by atoms with Gasteiger partial charge in [0.05, 0.1) is 0 Å². The molecule has 0 amide bonds. The van der Waals surface area contributed by atoms with E-state index in [0.29, 0.717) is 6.04 Å². The molecule has 2 aromatic carbocycles. The average molecular weight is 346 g/mol. The predicted molar refractivity (Wildman–Crippen MR) is 92.4 cm³/mol. The first kappa shape index (κ1) is 13.8. The van der Waals surface area contributed by atoms with Crippen LogP contribution in [0.5, 0.6) is 0 Å². The van der Waals surface area contributed by atoms with Crippen molar-refractivity contribution in [2.75, 3.05) is 7.05 Å². The maximum Gasteiger partial charge on any atom is 0.0383 e. The summed E-state index contributed by atoms with van der Waals surface area (Å²) in [4.78, 5) is 2.70. The van der Waals surface area contributed by atoms with Crippen LogP contribution in [-0.4, -0.2) is 7.05 Å². The molecule has 102 valence electrons. The normalized spacial score (nSPS) is 12.8. The molecule has 3 aromatic rings. The number of benzene rings is 2. The Morgan fingerprint density at radius 1 is 1.00 bits per heavy atom. The molecule has 1 unspecified atom stereocenters. The lowest BCUT2D eigenvalue weighted by Gasteiger charge is -2.06. The van der Waals surface area contributed by atoms with E-state index in [2.05, 4.69) is 76.7 Å². The van der Waals surface area contributed by atoms with Crippen LogP contribution in [0.25, 0.3) is 21.2 Å². The minimum atomic E-state index is 0.408. The van der Waals surface area contributed by atoms with Crippen molar-refractivity contribution in [2.24, 2.45) is 0 Å². The van der Waals surface area contributed by atoms with Crippen LogP contribution >= 0.6 is 27.3 Å². The van der Waals surface area contributed by atoms with Gasteiger partial charge in [0.1, 0.15) is 0 Å². The number of thiophene rings is 1. The van der Waals surface area contributed by atoms with E-state index in [0.717, 1.165) is 4.47 Å². The predicted octanol–water partition coefficient (Wildman–Crippen LogP) is 5.61. The number of hydrogen-bond donors (Lipinski definition) is 1. The van der Waals surface area contributed by atoms with Gasteiger partial charge in [0.15, 0.2) is 0 Å². The van der Waals surface area contributed by atoms with Crippen LogP contribution in [0.4, 0.5) is 0 Å². The van der Waals surface area contributed by atoms with E-state index >= 15 is 0 Å². The number of nitrogens with one attached hydrogen (secondary N) is 1. The Kier molecular flexibility index (Phi) is 3.92. The van der Waals surface area contributed by atoms with Gasteiger partial charge >= 0.3 is 0 Å². The third-order valence-corrected chi connectivity index (χ3v) is 5.38. The topological polar surface area (TPSA) is 12.0 Å². The largest absolute Gasteiger partial charge is 0.313 e. The fourth-order valence-corrected chi connectivity index (χ4v) is 3.70. The first-order valence-electron chi connectivity index (χ1n) is 6.64. The second kappa shape index (κ2) is 5.68. The van der Waals surface area contributed by atoms with Crippen molar-refractivity contribution in [3.63, 3.8) is 0 Å². The molecule has 0 saturated heterocycles. The van der Waals surface area contributed by atoms with Crippen molar-refractivity contribution in [3.8, 4) is 10.4 Å². The fourth-order valence-electron chi connectivity index (χ4n) is 2.25. The highest BCUT2D eigenvalue weighted by atomic mass is 79.9. The number of halogens is 1. The Hall–Kier alpha value is -1.16. The summed E-state index contributed by atoms with van der Waals surface area (Å²) in [5.41, 5.74) is 1.29. The summed E-state index contributed by atoms with van der Waals surface area (Å²) in [6.45, 7) is 2.19. The van der Waals surface area contributed by atoms with Crippen molar-refractivity contribution >= 4 is 38.0 Å². The van der Waals surface area contributed by atoms with Gasteiger partial charge in [-0.3, -0.25) is 0 Å². The SMILES string of the molecule is CNC(C)c1ccc(-c2ccc3cc(Br)ccc3c2)s1. The van der Waals surface area contributed by atoms with Gasteiger partial charge in [0.25, 0.3) is 0 Å². The zero-order valence-corrected chi connectivity index (χ0v) is 13.9. The highest BCUT2D eigenvalue weighted by Gasteiger charge is 2.08. The van der Waals surface area contributed by atoms with Gasteiger partial charge in [-0.25, -0.2) is 0 Å². The Balaban J connectivity index is 2.01. The molecule has 0 fully saturated rings. The van der Waals surface area contributed by atoms with Gasteiger partial charge in [-0.2, -0.15) is 0 Å². The molecule has 0 aliphatic carbocycles. The van der Waals surface area contributed by atoms with Crippen LogP contribution in [0, 0.1) is 0 Å². The van der Waals surface area contributed by atoms with Crippen molar-refractivity contribution in [2.45, 2.75) is 13.0 Å². The smallest absolute Gasteiger partial charge is 0.0383 e. The molecule has 0 spiro atoms.